The van der Waals surface area contributed by atoms with Crippen LogP contribution in [-0.2, 0) is 0 Å². The fraction of sp³-hybridized carbons (Fsp3) is 0. The normalized spacial score (nSPS) is 9.57. The summed E-state index contributed by atoms with van der Waals surface area (Å²) in [5.41, 5.74) is -2.29. The first kappa shape index (κ1) is 15.6. The van der Waals surface area contributed by atoms with E-state index in [1.165, 1.54) is 0 Å². The molecule has 0 aliphatic carbocycles. The fourth-order valence-corrected chi connectivity index (χ4v) is 1.77. The van der Waals surface area contributed by atoms with Crippen molar-refractivity contribution in [3.63, 3.8) is 0 Å². The molecule has 0 saturated heterocycles. The van der Waals surface area contributed by atoms with E-state index in [0.29, 0.717) is 17.7 Å². The van der Waals surface area contributed by atoms with E-state index in [9.17, 15) is 30.3 Å². The van der Waals surface area contributed by atoms with Gasteiger partial charge in [-0.25, -0.2) is 0 Å². The molecule has 2 aromatic carbocycles. The van der Waals surface area contributed by atoms with Gasteiger partial charge < -0.3 is 0 Å². The molecule has 0 radical (unpaired) electrons. The zero-order valence-corrected chi connectivity index (χ0v) is 11.3. The minimum Gasteiger partial charge on any atom is -0.258 e. The molecular weight excluding hydrogens is 306 g/mol. The molecule has 2 aromatic rings. The molecule has 23 heavy (non-hydrogen) atoms. The van der Waals surface area contributed by atoms with Crippen LogP contribution in [0, 0.1) is 42.2 Å². The number of benzene rings is 2. The van der Waals surface area contributed by atoms with E-state index in [4.69, 9.17) is 0 Å². The molecule has 0 atom stereocenters. The highest BCUT2D eigenvalue weighted by Gasteiger charge is 2.29. The highest BCUT2D eigenvalue weighted by atomic mass is 16.6. The van der Waals surface area contributed by atoms with Crippen LogP contribution in [0.25, 0.3) is 0 Å². The third-order valence-electron chi connectivity index (χ3n) is 2.79. The lowest BCUT2D eigenvalue weighted by Gasteiger charge is -1.99. The highest BCUT2D eigenvalue weighted by molar-refractivity contribution is 5.68. The van der Waals surface area contributed by atoms with Gasteiger partial charge in [0.2, 0.25) is 0 Å². The van der Waals surface area contributed by atoms with Crippen LogP contribution in [-0.4, -0.2) is 14.8 Å². The molecule has 2 rings (SSSR count). The summed E-state index contributed by atoms with van der Waals surface area (Å²) in [6.45, 7) is 0. The van der Waals surface area contributed by atoms with Crippen LogP contribution < -0.4 is 0 Å². The van der Waals surface area contributed by atoms with Crippen molar-refractivity contribution in [1.82, 2.24) is 0 Å². The zero-order valence-electron chi connectivity index (χ0n) is 11.3. The number of nitro groups is 3. The van der Waals surface area contributed by atoms with E-state index in [2.05, 4.69) is 11.8 Å². The van der Waals surface area contributed by atoms with Gasteiger partial charge in [0.25, 0.3) is 17.1 Å². The Kier molecular flexibility index (Phi) is 4.28. The van der Waals surface area contributed by atoms with Gasteiger partial charge in [0.1, 0.15) is 0 Å². The number of hydrogen-bond donors (Lipinski definition) is 0. The average molecular weight is 313 g/mol. The van der Waals surface area contributed by atoms with Gasteiger partial charge in [-0.1, -0.05) is 24.1 Å². The first-order valence-electron chi connectivity index (χ1n) is 6.08. The Morgan fingerprint density at radius 1 is 0.739 bits per heavy atom. The third-order valence-corrected chi connectivity index (χ3v) is 2.79. The van der Waals surface area contributed by atoms with Crippen molar-refractivity contribution >= 4 is 17.1 Å². The molecule has 0 bridgehead atoms. The van der Waals surface area contributed by atoms with Crippen molar-refractivity contribution in [2.45, 2.75) is 0 Å². The van der Waals surface area contributed by atoms with Crippen molar-refractivity contribution < 1.29 is 14.8 Å². The lowest BCUT2D eigenvalue weighted by Crippen LogP contribution is -2.01. The lowest BCUT2D eigenvalue weighted by molar-refractivity contribution is -0.403. The fourth-order valence-electron chi connectivity index (χ4n) is 1.77. The van der Waals surface area contributed by atoms with Crippen molar-refractivity contribution in [3.05, 3.63) is 83.9 Å². The molecule has 9 nitrogen and oxygen atoms in total. The van der Waals surface area contributed by atoms with Crippen LogP contribution in [0.15, 0.2) is 42.5 Å². The number of nitrogens with zero attached hydrogens (tertiary/aromatic N) is 3. The Balaban J connectivity index is 2.70. The summed E-state index contributed by atoms with van der Waals surface area (Å²) < 4.78 is 0. The molecule has 114 valence electrons. The van der Waals surface area contributed by atoms with Crippen LogP contribution in [0.2, 0.25) is 0 Å². The zero-order chi connectivity index (χ0) is 17.0. The predicted molar refractivity (Wildman–Crippen MR) is 78.8 cm³/mol. The largest absolute Gasteiger partial charge is 0.298 e. The topological polar surface area (TPSA) is 129 Å². The van der Waals surface area contributed by atoms with Gasteiger partial charge in [-0.3, -0.25) is 30.3 Å². The van der Waals surface area contributed by atoms with Gasteiger partial charge in [0, 0.05) is 5.56 Å². The predicted octanol–water partition coefficient (Wildman–Crippen LogP) is 2.81. The van der Waals surface area contributed by atoms with Crippen molar-refractivity contribution in [2.75, 3.05) is 0 Å². The second kappa shape index (κ2) is 6.31. The number of non-ortho nitro benzene ring substituents is 1. The van der Waals surface area contributed by atoms with Crippen LogP contribution in [0.3, 0.4) is 0 Å². The summed E-state index contributed by atoms with van der Waals surface area (Å²) in [6, 6.07) is 9.66. The quantitative estimate of drug-likeness (QED) is 0.486. The maximum absolute atomic E-state index is 11.1. The first-order chi connectivity index (χ1) is 10.9. The van der Waals surface area contributed by atoms with Gasteiger partial charge in [0.05, 0.1) is 26.9 Å². The molecule has 0 aromatic heterocycles. The molecule has 0 spiro atoms. The molecule has 0 N–H and O–H groups in total. The van der Waals surface area contributed by atoms with Gasteiger partial charge in [-0.2, -0.15) is 0 Å². The minimum atomic E-state index is -0.936. The summed E-state index contributed by atoms with van der Waals surface area (Å²) in [6.07, 6.45) is 0. The first-order valence-corrected chi connectivity index (χ1v) is 6.08. The van der Waals surface area contributed by atoms with E-state index >= 15 is 0 Å². The highest BCUT2D eigenvalue weighted by Crippen LogP contribution is 2.32. The van der Waals surface area contributed by atoms with E-state index < -0.39 is 37.4 Å². The Morgan fingerprint density at radius 3 is 1.70 bits per heavy atom. The number of hydrogen-bond acceptors (Lipinski definition) is 6. The Labute approximate surface area is 128 Å². The molecule has 0 heterocycles. The van der Waals surface area contributed by atoms with Crippen molar-refractivity contribution in [3.8, 4) is 11.8 Å². The molecule has 0 unspecified atom stereocenters. The Bertz CT molecular complexity index is 832. The van der Waals surface area contributed by atoms with Gasteiger partial charge in [0.15, 0.2) is 5.56 Å². The molecule has 0 saturated carbocycles. The molecule has 0 aliphatic rings. The van der Waals surface area contributed by atoms with Gasteiger partial charge >= 0.3 is 0 Å². The van der Waals surface area contributed by atoms with E-state index in [0.717, 1.165) is 0 Å². The summed E-state index contributed by atoms with van der Waals surface area (Å²) in [7, 11) is 0. The number of nitro benzene ring substituents is 3. The van der Waals surface area contributed by atoms with Crippen molar-refractivity contribution in [2.24, 2.45) is 0 Å². The van der Waals surface area contributed by atoms with E-state index in [1.807, 2.05) is 0 Å². The molecule has 0 amide bonds. The van der Waals surface area contributed by atoms with Crippen LogP contribution in [0.5, 0.6) is 0 Å². The SMILES string of the molecule is O=[N+]([O-])c1cc([N+](=O)[O-])c(C#Cc2ccccc2)c([N+](=O)[O-])c1. The van der Waals surface area contributed by atoms with Crippen LogP contribution >= 0.6 is 0 Å². The average Bonchev–Trinajstić information content (AvgIpc) is 2.52. The standard InChI is InChI=1S/C14H7N3O6/c18-15(19)11-8-13(16(20)21)12(14(9-11)17(22)23)7-6-10-4-2-1-3-5-10/h1-5,8-9H. The molecule has 0 fully saturated rings. The van der Waals surface area contributed by atoms with Crippen LogP contribution in [0.1, 0.15) is 11.1 Å². The molecule has 9 heteroatoms. The maximum Gasteiger partial charge on any atom is 0.298 e. The second-order valence-electron chi connectivity index (χ2n) is 4.25. The van der Waals surface area contributed by atoms with E-state index in [1.54, 1.807) is 30.3 Å². The summed E-state index contributed by atoms with van der Waals surface area (Å²) in [5, 5.41) is 32.9. The summed E-state index contributed by atoms with van der Waals surface area (Å²) in [5.74, 6) is 4.94. The summed E-state index contributed by atoms with van der Waals surface area (Å²) in [4.78, 5) is 30.1. The van der Waals surface area contributed by atoms with Gasteiger partial charge in [-0.15, -0.1) is 0 Å². The third kappa shape index (κ3) is 3.45. The molecular formula is C14H7N3O6. The maximum atomic E-state index is 11.1. The minimum absolute atomic E-state index is 0.477. The van der Waals surface area contributed by atoms with Gasteiger partial charge in [-0.05, 0) is 18.1 Å². The smallest absolute Gasteiger partial charge is 0.258 e. The Morgan fingerprint density at radius 2 is 1.26 bits per heavy atom. The Hall–Kier alpha value is -3.80. The number of rotatable bonds is 3. The van der Waals surface area contributed by atoms with Crippen LogP contribution in [0.4, 0.5) is 17.1 Å². The van der Waals surface area contributed by atoms with Crippen molar-refractivity contribution in [1.29, 1.82) is 0 Å². The summed E-state index contributed by atoms with van der Waals surface area (Å²) >= 11 is 0. The lowest BCUT2D eigenvalue weighted by atomic mass is 10.1. The monoisotopic (exact) mass is 313 g/mol. The van der Waals surface area contributed by atoms with E-state index in [-0.39, 0.29) is 0 Å². The second-order valence-corrected chi connectivity index (χ2v) is 4.25. The molecule has 0 aliphatic heterocycles.